The molecule has 0 bridgehead atoms. The molecule has 2 aromatic carbocycles. The van der Waals surface area contributed by atoms with E-state index >= 15 is 0 Å². The summed E-state index contributed by atoms with van der Waals surface area (Å²) in [7, 11) is 0. The lowest BCUT2D eigenvalue weighted by molar-refractivity contribution is -0.274. The van der Waals surface area contributed by atoms with E-state index in [0.717, 1.165) is 10.0 Å². The highest BCUT2D eigenvalue weighted by Crippen LogP contribution is 2.43. The Kier molecular flexibility index (Phi) is 4.64. The average molecular weight is 416 g/mol. The molecule has 1 amide bonds. The largest absolute Gasteiger partial charge is 0.573 e. The molecule has 132 valence electrons. The molecule has 4 nitrogen and oxygen atoms in total. The maximum atomic E-state index is 12.3. The fraction of sp³-hybridized carbons (Fsp3) is 0.235. The Morgan fingerprint density at radius 2 is 1.96 bits per heavy atom. The van der Waals surface area contributed by atoms with E-state index in [0.29, 0.717) is 35.5 Å². The van der Waals surface area contributed by atoms with Gasteiger partial charge in [0.05, 0.1) is 13.0 Å². The topological polar surface area (TPSA) is 61.6 Å². The van der Waals surface area contributed by atoms with E-state index in [4.69, 9.17) is 10.5 Å². The molecule has 1 heterocycles. The van der Waals surface area contributed by atoms with Gasteiger partial charge in [0.1, 0.15) is 11.5 Å². The highest BCUT2D eigenvalue weighted by molar-refractivity contribution is 9.10. The lowest BCUT2D eigenvalue weighted by atomic mass is 9.96. The third kappa shape index (κ3) is 3.89. The number of amides is 1. The number of carbonyl (C=O) groups is 1. The number of ether oxygens (including phenoxy) is 2. The summed E-state index contributed by atoms with van der Waals surface area (Å²) in [5, 5.41) is 0. The summed E-state index contributed by atoms with van der Waals surface area (Å²) in [5.74, 6) is -0.118. The molecular formula is C17H13BrF3NO3. The maximum Gasteiger partial charge on any atom is 0.573 e. The highest BCUT2D eigenvalue weighted by atomic mass is 79.9. The number of hydrogen-bond acceptors (Lipinski definition) is 3. The Hall–Kier alpha value is -2.22. The minimum absolute atomic E-state index is 0.0517. The number of rotatable bonds is 4. The molecule has 8 heteroatoms. The molecule has 0 atom stereocenters. The van der Waals surface area contributed by atoms with Crippen LogP contribution in [-0.4, -0.2) is 18.9 Å². The van der Waals surface area contributed by atoms with E-state index in [1.165, 1.54) is 24.3 Å². The van der Waals surface area contributed by atoms with E-state index < -0.39 is 12.3 Å². The number of nitrogens with two attached hydrogens (primary N) is 1. The molecule has 0 unspecified atom stereocenters. The van der Waals surface area contributed by atoms with Crippen molar-refractivity contribution in [2.45, 2.75) is 19.2 Å². The Morgan fingerprint density at radius 3 is 2.56 bits per heavy atom. The second kappa shape index (κ2) is 6.59. The molecule has 0 aromatic heterocycles. The molecule has 1 aliphatic rings. The van der Waals surface area contributed by atoms with Gasteiger partial charge in [-0.15, -0.1) is 13.2 Å². The molecular weight excluding hydrogens is 403 g/mol. The monoisotopic (exact) mass is 415 g/mol. The summed E-state index contributed by atoms with van der Waals surface area (Å²) in [6, 6.07) is 7.26. The van der Waals surface area contributed by atoms with Gasteiger partial charge < -0.3 is 15.2 Å². The second-order valence-electron chi connectivity index (χ2n) is 5.52. The third-order valence-corrected chi connectivity index (χ3v) is 4.73. The molecule has 0 saturated carbocycles. The van der Waals surface area contributed by atoms with Crippen molar-refractivity contribution in [1.29, 1.82) is 0 Å². The molecule has 25 heavy (non-hydrogen) atoms. The van der Waals surface area contributed by atoms with Crippen molar-refractivity contribution in [1.82, 2.24) is 0 Å². The number of alkyl halides is 3. The fourth-order valence-electron chi connectivity index (χ4n) is 2.77. The van der Waals surface area contributed by atoms with Gasteiger partial charge in [-0.25, -0.2) is 0 Å². The van der Waals surface area contributed by atoms with Gasteiger partial charge in [0, 0.05) is 22.0 Å². The minimum atomic E-state index is -4.74. The van der Waals surface area contributed by atoms with Crippen LogP contribution >= 0.6 is 15.9 Å². The van der Waals surface area contributed by atoms with Crippen LogP contribution in [0.2, 0.25) is 0 Å². The number of hydrogen-bond donors (Lipinski definition) is 1. The molecule has 2 N–H and O–H groups in total. The predicted octanol–water partition coefficient (Wildman–Crippen LogP) is 3.98. The molecule has 1 aliphatic heterocycles. The van der Waals surface area contributed by atoms with E-state index in [9.17, 15) is 18.0 Å². The molecule has 0 spiro atoms. The molecule has 3 rings (SSSR count). The summed E-state index contributed by atoms with van der Waals surface area (Å²) in [6.45, 7) is 0.496. The van der Waals surface area contributed by atoms with Gasteiger partial charge in [-0.05, 0) is 29.3 Å². The van der Waals surface area contributed by atoms with Crippen molar-refractivity contribution < 1.29 is 27.4 Å². The fourth-order valence-corrected chi connectivity index (χ4v) is 3.40. The van der Waals surface area contributed by atoms with Gasteiger partial charge in [0.15, 0.2) is 0 Å². The highest BCUT2D eigenvalue weighted by Gasteiger charge is 2.31. The molecule has 0 radical (unpaired) electrons. The van der Waals surface area contributed by atoms with Crippen LogP contribution in [0.4, 0.5) is 13.2 Å². The first kappa shape index (κ1) is 17.6. The van der Waals surface area contributed by atoms with Gasteiger partial charge in [0.25, 0.3) is 0 Å². The van der Waals surface area contributed by atoms with E-state index in [2.05, 4.69) is 20.7 Å². The van der Waals surface area contributed by atoms with Crippen LogP contribution in [0, 0.1) is 0 Å². The summed E-state index contributed by atoms with van der Waals surface area (Å²) < 4.78 is 47.2. The molecule has 2 aromatic rings. The van der Waals surface area contributed by atoms with Crippen molar-refractivity contribution in [2.24, 2.45) is 5.73 Å². The normalized spacial score (nSPS) is 13.3. The zero-order valence-electron chi connectivity index (χ0n) is 12.8. The third-order valence-electron chi connectivity index (χ3n) is 3.75. The van der Waals surface area contributed by atoms with Crippen LogP contribution in [0.3, 0.4) is 0 Å². The van der Waals surface area contributed by atoms with Crippen LogP contribution in [0.1, 0.15) is 11.1 Å². The summed E-state index contributed by atoms with van der Waals surface area (Å²) in [4.78, 5) is 11.3. The zero-order chi connectivity index (χ0) is 18.2. The van der Waals surface area contributed by atoms with E-state index in [1.807, 2.05) is 0 Å². The van der Waals surface area contributed by atoms with Gasteiger partial charge >= 0.3 is 6.36 Å². The lowest BCUT2D eigenvalue weighted by Gasteiger charge is -2.14. The van der Waals surface area contributed by atoms with Crippen molar-refractivity contribution in [2.75, 3.05) is 6.61 Å². The molecule has 0 saturated heterocycles. The van der Waals surface area contributed by atoms with Gasteiger partial charge in [-0.3, -0.25) is 4.79 Å². The van der Waals surface area contributed by atoms with Crippen molar-refractivity contribution in [3.63, 3.8) is 0 Å². The summed E-state index contributed by atoms with van der Waals surface area (Å²) in [5.41, 5.74) is 8.28. The number of fused-ring (bicyclic) bond motifs is 1. The number of primary amides is 1. The van der Waals surface area contributed by atoms with Crippen molar-refractivity contribution in [3.05, 3.63) is 45.9 Å². The SMILES string of the molecule is NC(=O)Cc1cc(-c2ccc(OC(F)(F)F)cc2)c2c(c1Br)CCO2. The summed E-state index contributed by atoms with van der Waals surface area (Å²) in [6.07, 6.45) is -4.01. The number of carbonyl (C=O) groups excluding carboxylic acids is 1. The average Bonchev–Trinajstić information content (AvgIpc) is 2.99. The van der Waals surface area contributed by atoms with E-state index in [-0.39, 0.29) is 12.2 Å². The first-order valence-electron chi connectivity index (χ1n) is 7.36. The second-order valence-corrected chi connectivity index (χ2v) is 6.31. The Labute approximate surface area is 149 Å². The lowest BCUT2D eigenvalue weighted by Crippen LogP contribution is -2.16. The first-order valence-corrected chi connectivity index (χ1v) is 8.15. The molecule has 0 fully saturated rings. The van der Waals surface area contributed by atoms with Crippen LogP contribution in [0.25, 0.3) is 11.1 Å². The van der Waals surface area contributed by atoms with Crippen molar-refractivity contribution >= 4 is 21.8 Å². The first-order chi connectivity index (χ1) is 11.7. The van der Waals surface area contributed by atoms with Gasteiger partial charge in [-0.2, -0.15) is 0 Å². The quantitative estimate of drug-likeness (QED) is 0.821. The van der Waals surface area contributed by atoms with Crippen LogP contribution in [0.5, 0.6) is 11.5 Å². The van der Waals surface area contributed by atoms with Gasteiger partial charge in [-0.1, -0.05) is 28.1 Å². The number of halogens is 4. The smallest absolute Gasteiger partial charge is 0.492 e. The maximum absolute atomic E-state index is 12.3. The molecule has 0 aliphatic carbocycles. The number of benzene rings is 2. The Bertz CT molecular complexity index is 819. The predicted molar refractivity (Wildman–Crippen MR) is 88.4 cm³/mol. The minimum Gasteiger partial charge on any atom is -0.492 e. The van der Waals surface area contributed by atoms with Crippen molar-refractivity contribution in [3.8, 4) is 22.6 Å². The summed E-state index contributed by atoms with van der Waals surface area (Å²) >= 11 is 3.48. The van der Waals surface area contributed by atoms with Crippen LogP contribution in [0.15, 0.2) is 34.8 Å². The van der Waals surface area contributed by atoms with Crippen LogP contribution < -0.4 is 15.2 Å². The Morgan fingerprint density at radius 1 is 1.28 bits per heavy atom. The van der Waals surface area contributed by atoms with Crippen LogP contribution in [-0.2, 0) is 17.6 Å². The van der Waals surface area contributed by atoms with E-state index in [1.54, 1.807) is 6.07 Å². The van der Waals surface area contributed by atoms with Gasteiger partial charge in [0.2, 0.25) is 5.91 Å². The zero-order valence-corrected chi connectivity index (χ0v) is 14.4. The standard InChI is InChI=1S/C17H13BrF3NO3/c18-15-10(8-14(22)23)7-13(16-12(15)5-6-24-16)9-1-3-11(4-2-9)25-17(19,20)21/h1-4,7H,5-6,8H2,(H2,22,23). The Balaban J connectivity index is 2.02.